The molecule has 0 amide bonds. The molecule has 2 fully saturated rings. The van der Waals surface area contributed by atoms with Crippen molar-refractivity contribution in [2.75, 3.05) is 13.2 Å². The van der Waals surface area contributed by atoms with Crippen molar-refractivity contribution in [3.63, 3.8) is 0 Å². The summed E-state index contributed by atoms with van der Waals surface area (Å²) in [4.78, 5) is 0. The maximum Gasteiger partial charge on any atom is 0.391 e. The molecule has 1 spiro atoms. The van der Waals surface area contributed by atoms with Gasteiger partial charge in [0.1, 0.15) is 0 Å². The van der Waals surface area contributed by atoms with E-state index in [-0.39, 0.29) is 18.9 Å². The molecule has 1 aliphatic heterocycles. The maximum absolute atomic E-state index is 12.9. The number of rotatable bonds is 2. The van der Waals surface area contributed by atoms with Gasteiger partial charge in [-0.05, 0) is 32.1 Å². The highest BCUT2D eigenvalue weighted by atomic mass is 19.4. The molecule has 3 unspecified atom stereocenters. The fraction of sp³-hybridized carbons (Fsp3) is 1.00. The molecule has 0 aromatic heterocycles. The number of halogens is 3. The minimum atomic E-state index is -4.08. The summed E-state index contributed by atoms with van der Waals surface area (Å²) in [5.74, 6) is -1.19. The first-order valence-electron chi connectivity index (χ1n) is 6.92. The zero-order valence-electron chi connectivity index (χ0n) is 10.9. The number of alkyl halides is 3. The monoisotopic (exact) mass is 265 g/mol. The molecule has 0 radical (unpaired) electrons. The predicted octanol–water partition coefficient (Wildman–Crippen LogP) is 3.27. The van der Waals surface area contributed by atoms with E-state index in [1.807, 2.05) is 0 Å². The molecule has 0 aromatic carbocycles. The molecule has 2 aliphatic rings. The Morgan fingerprint density at radius 3 is 2.83 bits per heavy atom. The lowest BCUT2D eigenvalue weighted by Crippen LogP contribution is -2.60. The summed E-state index contributed by atoms with van der Waals surface area (Å²) in [5, 5.41) is 3.36. The Labute approximate surface area is 106 Å². The Kier molecular flexibility index (Phi) is 4.22. The van der Waals surface area contributed by atoms with Crippen molar-refractivity contribution in [2.24, 2.45) is 5.92 Å². The predicted molar refractivity (Wildman–Crippen MR) is 63.4 cm³/mol. The molecule has 1 saturated carbocycles. The van der Waals surface area contributed by atoms with Gasteiger partial charge >= 0.3 is 6.18 Å². The Morgan fingerprint density at radius 2 is 2.17 bits per heavy atom. The van der Waals surface area contributed by atoms with Crippen LogP contribution in [0, 0.1) is 5.92 Å². The molecular formula is C13H22F3NO. The van der Waals surface area contributed by atoms with Crippen molar-refractivity contribution in [2.45, 2.75) is 63.3 Å². The lowest BCUT2D eigenvalue weighted by atomic mass is 9.72. The summed E-state index contributed by atoms with van der Waals surface area (Å²) in [6.07, 6.45) is -0.444. The third-order valence-electron chi connectivity index (χ3n) is 4.30. The highest BCUT2D eigenvalue weighted by Gasteiger charge is 2.51. The van der Waals surface area contributed by atoms with Crippen LogP contribution < -0.4 is 5.32 Å². The Bertz CT molecular complexity index is 276. The van der Waals surface area contributed by atoms with Gasteiger partial charge in [0, 0.05) is 12.6 Å². The molecule has 1 saturated heterocycles. The molecule has 106 valence electrons. The van der Waals surface area contributed by atoms with Crippen LogP contribution in [0.4, 0.5) is 13.2 Å². The van der Waals surface area contributed by atoms with E-state index in [0.29, 0.717) is 13.0 Å². The molecule has 3 atom stereocenters. The summed E-state index contributed by atoms with van der Waals surface area (Å²) in [6.45, 7) is 3.35. The van der Waals surface area contributed by atoms with Gasteiger partial charge in [-0.15, -0.1) is 0 Å². The van der Waals surface area contributed by atoms with Crippen LogP contribution in [0.2, 0.25) is 0 Å². The molecule has 0 bridgehead atoms. The average Bonchev–Trinajstić information content (AvgIpc) is 2.32. The molecule has 2 rings (SSSR count). The molecule has 18 heavy (non-hydrogen) atoms. The van der Waals surface area contributed by atoms with Crippen LogP contribution in [-0.2, 0) is 4.74 Å². The fourth-order valence-electron chi connectivity index (χ4n) is 3.42. The molecule has 1 N–H and O–H groups in total. The topological polar surface area (TPSA) is 21.3 Å². The van der Waals surface area contributed by atoms with Crippen LogP contribution >= 0.6 is 0 Å². The zero-order chi connectivity index (χ0) is 13.2. The van der Waals surface area contributed by atoms with Crippen LogP contribution in [0.25, 0.3) is 0 Å². The zero-order valence-corrected chi connectivity index (χ0v) is 10.9. The van der Waals surface area contributed by atoms with Gasteiger partial charge in [0.15, 0.2) is 0 Å². The van der Waals surface area contributed by atoms with E-state index in [1.165, 1.54) is 0 Å². The number of morpholine rings is 1. The van der Waals surface area contributed by atoms with Crippen LogP contribution in [-0.4, -0.2) is 31.0 Å². The summed E-state index contributed by atoms with van der Waals surface area (Å²) in [7, 11) is 0. The Hall–Kier alpha value is -0.290. The first kappa shape index (κ1) is 14.1. The highest BCUT2D eigenvalue weighted by molar-refractivity contribution is 5.00. The van der Waals surface area contributed by atoms with E-state index < -0.39 is 17.7 Å². The number of hydrogen-bond acceptors (Lipinski definition) is 2. The van der Waals surface area contributed by atoms with Crippen molar-refractivity contribution in [3.8, 4) is 0 Å². The molecule has 5 heteroatoms. The van der Waals surface area contributed by atoms with Gasteiger partial charge in [-0.3, -0.25) is 0 Å². The molecule has 0 aromatic rings. The standard InChI is InChI=1S/C13H22F3NO/c1-2-4-11-12(18-8-7-17-11)6-3-5-10(9-12)13(14,15)16/h10-11,17H,2-9H2,1H3. The normalized spacial score (nSPS) is 38.0. The Balaban J connectivity index is 2.12. The summed E-state index contributed by atoms with van der Waals surface area (Å²) >= 11 is 0. The van der Waals surface area contributed by atoms with E-state index in [9.17, 15) is 13.2 Å². The SMILES string of the molecule is CCCC1NCCOC12CCCC(C(F)(F)F)C2. The minimum Gasteiger partial charge on any atom is -0.372 e. The van der Waals surface area contributed by atoms with E-state index in [1.54, 1.807) is 0 Å². The molecule has 2 nitrogen and oxygen atoms in total. The second-order valence-corrected chi connectivity index (χ2v) is 5.54. The van der Waals surface area contributed by atoms with Crippen molar-refractivity contribution < 1.29 is 17.9 Å². The van der Waals surface area contributed by atoms with Gasteiger partial charge in [-0.25, -0.2) is 0 Å². The van der Waals surface area contributed by atoms with Crippen LogP contribution in [0.1, 0.15) is 45.4 Å². The number of nitrogens with one attached hydrogen (secondary N) is 1. The van der Waals surface area contributed by atoms with Crippen LogP contribution in [0.3, 0.4) is 0 Å². The van der Waals surface area contributed by atoms with Gasteiger partial charge < -0.3 is 10.1 Å². The summed E-state index contributed by atoms with van der Waals surface area (Å²) in [6, 6.07) is 0.0846. The molecule has 1 aliphatic carbocycles. The van der Waals surface area contributed by atoms with E-state index >= 15 is 0 Å². The lowest BCUT2D eigenvalue weighted by Gasteiger charge is -2.49. The van der Waals surface area contributed by atoms with Crippen LogP contribution in [0.5, 0.6) is 0 Å². The fourth-order valence-corrected chi connectivity index (χ4v) is 3.42. The van der Waals surface area contributed by atoms with E-state index in [0.717, 1.165) is 25.8 Å². The summed E-state index contributed by atoms with van der Waals surface area (Å²) < 4.78 is 44.6. The number of ether oxygens (including phenoxy) is 1. The van der Waals surface area contributed by atoms with Crippen molar-refractivity contribution in [1.82, 2.24) is 5.32 Å². The highest BCUT2D eigenvalue weighted by Crippen LogP contribution is 2.46. The minimum absolute atomic E-state index is 0.0846. The summed E-state index contributed by atoms with van der Waals surface area (Å²) in [5.41, 5.74) is -0.577. The van der Waals surface area contributed by atoms with Gasteiger partial charge in [0.2, 0.25) is 0 Å². The van der Waals surface area contributed by atoms with E-state index in [4.69, 9.17) is 4.74 Å². The third kappa shape index (κ3) is 2.82. The largest absolute Gasteiger partial charge is 0.391 e. The second kappa shape index (κ2) is 5.37. The van der Waals surface area contributed by atoms with Gasteiger partial charge in [-0.1, -0.05) is 13.3 Å². The second-order valence-electron chi connectivity index (χ2n) is 5.54. The van der Waals surface area contributed by atoms with Crippen LogP contribution in [0.15, 0.2) is 0 Å². The van der Waals surface area contributed by atoms with E-state index in [2.05, 4.69) is 12.2 Å². The first-order valence-corrected chi connectivity index (χ1v) is 6.92. The smallest absolute Gasteiger partial charge is 0.372 e. The first-order chi connectivity index (χ1) is 8.48. The van der Waals surface area contributed by atoms with Gasteiger partial charge in [0.25, 0.3) is 0 Å². The average molecular weight is 265 g/mol. The quantitative estimate of drug-likeness (QED) is 0.827. The molecule has 1 heterocycles. The van der Waals surface area contributed by atoms with Gasteiger partial charge in [0.05, 0.1) is 18.1 Å². The maximum atomic E-state index is 12.9. The number of hydrogen-bond donors (Lipinski definition) is 1. The van der Waals surface area contributed by atoms with Crippen molar-refractivity contribution in [1.29, 1.82) is 0 Å². The van der Waals surface area contributed by atoms with Crippen molar-refractivity contribution >= 4 is 0 Å². The third-order valence-corrected chi connectivity index (χ3v) is 4.30. The molecular weight excluding hydrogens is 243 g/mol. The lowest BCUT2D eigenvalue weighted by molar-refractivity contribution is -0.217. The Morgan fingerprint density at radius 1 is 1.39 bits per heavy atom. The van der Waals surface area contributed by atoms with Gasteiger partial charge in [-0.2, -0.15) is 13.2 Å². The van der Waals surface area contributed by atoms with Crippen molar-refractivity contribution in [3.05, 3.63) is 0 Å².